The number of carboxylic acid groups (broad SMARTS) is 1. The highest BCUT2D eigenvalue weighted by Gasteiger charge is 2.15. The van der Waals surface area contributed by atoms with Gasteiger partial charge in [0.1, 0.15) is 16.4 Å². The van der Waals surface area contributed by atoms with Crippen LogP contribution in [0.2, 0.25) is 0 Å². The van der Waals surface area contributed by atoms with Gasteiger partial charge in [-0.2, -0.15) is 0 Å². The van der Waals surface area contributed by atoms with E-state index in [0.717, 1.165) is 0 Å². The molecule has 0 atom stereocenters. The molecule has 0 radical (unpaired) electrons. The summed E-state index contributed by atoms with van der Waals surface area (Å²) < 4.78 is 16.2. The number of carbonyl (C=O) groups is 2. The van der Waals surface area contributed by atoms with Gasteiger partial charge in [-0.05, 0) is 44.7 Å². The molecule has 0 unspecified atom stereocenters. The first-order valence-corrected chi connectivity index (χ1v) is 8.14. The lowest BCUT2D eigenvalue weighted by Gasteiger charge is -2.14. The zero-order chi connectivity index (χ0) is 18.1. The van der Waals surface area contributed by atoms with Crippen molar-refractivity contribution in [3.8, 4) is 11.5 Å². The Morgan fingerprint density at radius 3 is 2.58 bits per heavy atom. The number of ether oxygens (including phenoxy) is 1. The minimum atomic E-state index is -1.19. The molecular formula is C17H20O6S. The number of unbranched alkanes of at least 4 members (excludes halogenated alkanes) is 1. The van der Waals surface area contributed by atoms with Gasteiger partial charge in [0.25, 0.3) is 0 Å². The average molecular weight is 352 g/mol. The minimum absolute atomic E-state index is 0.00203. The molecular weight excluding hydrogens is 332 g/mol. The van der Waals surface area contributed by atoms with Gasteiger partial charge in [0.05, 0.1) is 23.4 Å². The molecule has 1 rings (SSSR count). The lowest BCUT2D eigenvalue weighted by atomic mass is 10.0. The zero-order valence-corrected chi connectivity index (χ0v) is 14.2. The summed E-state index contributed by atoms with van der Waals surface area (Å²) in [7, 11) is 0. The number of phenols is 1. The van der Waals surface area contributed by atoms with Crippen LogP contribution < -0.4 is 4.74 Å². The minimum Gasteiger partial charge on any atom is -0.507 e. The first-order valence-electron chi connectivity index (χ1n) is 7.40. The van der Waals surface area contributed by atoms with E-state index in [9.17, 15) is 18.9 Å². The van der Waals surface area contributed by atoms with E-state index in [0.29, 0.717) is 37.2 Å². The molecule has 0 aliphatic rings. The zero-order valence-electron chi connectivity index (χ0n) is 13.4. The Hall–Kier alpha value is -2.41. The number of ketones is 1. The van der Waals surface area contributed by atoms with Crippen molar-refractivity contribution in [2.75, 3.05) is 6.61 Å². The van der Waals surface area contributed by atoms with Crippen LogP contribution in [-0.2, 0) is 22.5 Å². The van der Waals surface area contributed by atoms with Crippen LogP contribution in [0, 0.1) is 0 Å². The molecule has 0 aliphatic carbocycles. The van der Waals surface area contributed by atoms with Gasteiger partial charge in [0.15, 0.2) is 5.78 Å². The third-order valence-corrected chi connectivity index (χ3v) is 3.94. The second-order valence-corrected chi connectivity index (χ2v) is 5.76. The fourth-order valence-electron chi connectivity index (χ4n) is 2.13. The number of carbonyl (C=O) groups excluding carboxylic acids is 1. The molecule has 24 heavy (non-hydrogen) atoms. The van der Waals surface area contributed by atoms with E-state index in [2.05, 4.69) is 6.58 Å². The van der Waals surface area contributed by atoms with Crippen LogP contribution in [0.4, 0.5) is 0 Å². The van der Waals surface area contributed by atoms with Crippen LogP contribution in [0.5, 0.6) is 11.5 Å². The molecule has 1 aromatic carbocycles. The largest absolute Gasteiger partial charge is 0.507 e. The average Bonchev–Trinajstić information content (AvgIpc) is 2.53. The van der Waals surface area contributed by atoms with Crippen LogP contribution in [-0.4, -0.2) is 37.6 Å². The summed E-state index contributed by atoms with van der Waals surface area (Å²) in [6, 6.07) is 3.13. The van der Waals surface area contributed by atoms with Crippen molar-refractivity contribution in [2.45, 2.75) is 32.6 Å². The van der Waals surface area contributed by atoms with Gasteiger partial charge >= 0.3 is 5.97 Å². The maximum Gasteiger partial charge on any atom is 0.344 e. The number of Topliss-reactive ketones (excluding diaryl/α,β-unsaturated/α-hetero) is 1. The lowest BCUT2D eigenvalue weighted by Crippen LogP contribution is -2.12. The van der Waals surface area contributed by atoms with E-state index in [1.54, 1.807) is 12.1 Å². The molecule has 0 spiro atoms. The molecule has 0 fully saturated rings. The number of rotatable bonds is 10. The molecule has 0 bridgehead atoms. The summed E-state index contributed by atoms with van der Waals surface area (Å²) in [6.45, 7) is 5.30. The molecule has 7 heteroatoms. The van der Waals surface area contributed by atoms with Gasteiger partial charge in [-0.15, -0.1) is 6.58 Å². The number of benzene rings is 1. The summed E-state index contributed by atoms with van der Waals surface area (Å²) in [4.78, 5) is 22.1. The van der Waals surface area contributed by atoms with Crippen molar-refractivity contribution < 1.29 is 28.7 Å². The maximum atomic E-state index is 11.5. The molecule has 0 aromatic heterocycles. The van der Waals surface area contributed by atoms with Gasteiger partial charge < -0.3 is 14.9 Å². The third kappa shape index (κ3) is 5.34. The molecule has 0 aliphatic heterocycles. The van der Waals surface area contributed by atoms with Crippen LogP contribution in [0.1, 0.15) is 42.1 Å². The fraction of sp³-hybridized carbons (Fsp3) is 0.353. The highest BCUT2D eigenvalue weighted by atomic mass is 32.1. The highest BCUT2D eigenvalue weighted by Crippen LogP contribution is 2.32. The third-order valence-electron chi connectivity index (χ3n) is 3.36. The summed E-state index contributed by atoms with van der Waals surface area (Å²) in [5.41, 5.74) is 0.720. The summed E-state index contributed by atoms with van der Waals surface area (Å²) in [5, 5.41) is 18.9. The van der Waals surface area contributed by atoms with Crippen LogP contribution in [0.15, 0.2) is 24.8 Å². The van der Waals surface area contributed by atoms with E-state index >= 15 is 0 Å². The molecule has 0 saturated heterocycles. The van der Waals surface area contributed by atoms with Crippen molar-refractivity contribution in [1.29, 1.82) is 0 Å². The monoisotopic (exact) mass is 352 g/mol. The number of carboxylic acids is 1. The van der Waals surface area contributed by atoms with Crippen molar-refractivity contribution in [3.63, 3.8) is 0 Å². The molecule has 6 nitrogen and oxygen atoms in total. The second kappa shape index (κ2) is 9.67. The molecule has 1 aromatic rings. The van der Waals surface area contributed by atoms with Gasteiger partial charge in [0.2, 0.25) is 0 Å². The standard InChI is InChI=1S/C17H20O6S/c1-3-6-13-14(9-8-12(11(2)18)16(13)19)23-10-5-4-7-15(24-22)17(20)21/h3,8-9,19H,1,4-7,10H2,2H3,(H,20,21). The van der Waals surface area contributed by atoms with Crippen molar-refractivity contribution in [3.05, 3.63) is 35.9 Å². The molecule has 130 valence electrons. The normalized spacial score (nSPS) is 10.0. The number of allylic oxidation sites excluding steroid dienone is 1. The van der Waals surface area contributed by atoms with Crippen molar-refractivity contribution in [2.24, 2.45) is 0 Å². The summed E-state index contributed by atoms with van der Waals surface area (Å²) >= 11 is -0.00203. The van der Waals surface area contributed by atoms with E-state index in [4.69, 9.17) is 9.84 Å². The Morgan fingerprint density at radius 2 is 2.04 bits per heavy atom. The smallest absolute Gasteiger partial charge is 0.344 e. The van der Waals surface area contributed by atoms with E-state index in [1.807, 2.05) is 0 Å². The number of aliphatic carboxylic acids is 1. The van der Waals surface area contributed by atoms with Gasteiger partial charge in [-0.25, -0.2) is 9.00 Å². The van der Waals surface area contributed by atoms with E-state index in [-0.39, 0.29) is 39.6 Å². The highest BCUT2D eigenvalue weighted by molar-refractivity contribution is 7.68. The predicted molar refractivity (Wildman–Crippen MR) is 92.1 cm³/mol. The predicted octanol–water partition coefficient (Wildman–Crippen LogP) is 2.34. The Kier molecular flexibility index (Phi) is 7.91. The van der Waals surface area contributed by atoms with E-state index < -0.39 is 5.97 Å². The SMILES string of the molecule is C=CCc1c(OCCCCC(=S=O)C(=O)O)ccc(C(C)=O)c1O. The first kappa shape index (κ1) is 19.6. The second-order valence-electron chi connectivity index (χ2n) is 5.10. The number of aromatic hydroxyl groups is 1. The number of hydrogen-bond donors (Lipinski definition) is 2. The number of phenolic OH excluding ortho intramolecular Hbond substituents is 1. The topological polar surface area (TPSA) is 101 Å². The van der Waals surface area contributed by atoms with Crippen LogP contribution >= 0.6 is 0 Å². The Labute approximate surface area is 143 Å². The Balaban J connectivity index is 2.69. The van der Waals surface area contributed by atoms with Gasteiger partial charge in [-0.3, -0.25) is 4.79 Å². The quantitative estimate of drug-likeness (QED) is 0.290. The Morgan fingerprint density at radius 1 is 1.33 bits per heavy atom. The molecule has 0 saturated carbocycles. The summed E-state index contributed by atoms with van der Waals surface area (Å²) in [6.07, 6.45) is 3.21. The first-order chi connectivity index (χ1) is 11.4. The Bertz CT molecular complexity index is 689. The van der Waals surface area contributed by atoms with E-state index in [1.165, 1.54) is 13.0 Å². The maximum absolute atomic E-state index is 11.5. The lowest BCUT2D eigenvalue weighted by molar-refractivity contribution is -0.129. The van der Waals surface area contributed by atoms with Crippen LogP contribution in [0.3, 0.4) is 0 Å². The van der Waals surface area contributed by atoms with Crippen molar-refractivity contribution in [1.82, 2.24) is 0 Å². The van der Waals surface area contributed by atoms with Gasteiger partial charge in [0, 0.05) is 5.56 Å². The molecule has 0 heterocycles. The van der Waals surface area contributed by atoms with Crippen molar-refractivity contribution >= 4 is 27.9 Å². The molecule has 0 amide bonds. The molecule has 2 N–H and O–H groups in total. The van der Waals surface area contributed by atoms with Gasteiger partial charge in [-0.1, -0.05) is 6.08 Å². The summed E-state index contributed by atoms with van der Waals surface area (Å²) in [5.74, 6) is -1.08. The van der Waals surface area contributed by atoms with Crippen LogP contribution in [0.25, 0.3) is 0 Å². The fourth-order valence-corrected chi connectivity index (χ4v) is 2.43. The number of hydrogen-bond acceptors (Lipinski definition) is 5.